The van der Waals surface area contributed by atoms with E-state index in [0.717, 1.165) is 22.4 Å². The number of nitrogens with two attached hydrogens (primary N) is 1. The summed E-state index contributed by atoms with van der Waals surface area (Å²) < 4.78 is 5.87. The maximum absolute atomic E-state index is 5.88. The lowest BCUT2D eigenvalue weighted by Crippen LogP contribution is -2.19. The number of anilines is 1. The average molecular weight is 266 g/mol. The number of fused-ring (bicyclic) bond motifs is 1. The summed E-state index contributed by atoms with van der Waals surface area (Å²) in [5.41, 5.74) is 9.06. The van der Waals surface area contributed by atoms with Gasteiger partial charge < -0.3 is 15.5 Å². The van der Waals surface area contributed by atoms with Crippen LogP contribution in [0.2, 0.25) is 0 Å². The topological polar surface area (TPSA) is 51.2 Å². The Kier molecular flexibility index (Phi) is 3.44. The molecule has 0 aliphatic heterocycles. The van der Waals surface area contributed by atoms with Crippen molar-refractivity contribution in [1.29, 1.82) is 0 Å². The highest BCUT2D eigenvalue weighted by Gasteiger charge is 2.14. The third-order valence-electron chi connectivity index (χ3n) is 3.42. The Morgan fingerprint density at radius 3 is 2.55 bits per heavy atom. The largest absolute Gasteiger partial charge is 0.459 e. The van der Waals surface area contributed by atoms with Gasteiger partial charge >= 0.3 is 0 Å². The van der Waals surface area contributed by atoms with Gasteiger partial charge in [0.15, 0.2) is 0 Å². The predicted octanol–water partition coefficient (Wildman–Crippen LogP) is 3.85. The van der Waals surface area contributed by atoms with Crippen LogP contribution in [0.5, 0.6) is 0 Å². The average Bonchev–Trinajstić information content (AvgIpc) is 2.90. The minimum atomic E-state index is -0.0230. The fourth-order valence-corrected chi connectivity index (χ4v) is 2.27. The first-order valence-electron chi connectivity index (χ1n) is 6.78. The summed E-state index contributed by atoms with van der Waals surface area (Å²) in [4.78, 5) is 0. The van der Waals surface area contributed by atoms with E-state index in [1.165, 1.54) is 5.56 Å². The van der Waals surface area contributed by atoms with E-state index in [2.05, 4.69) is 36.5 Å². The standard InChI is InChI=1S/C17H18N2O/c1-12-6-8-14(9-7-12)19-15(11-18)17-10-13-4-2-3-5-16(13)20-17/h2-10,15,19H,11,18H2,1H3. The van der Waals surface area contributed by atoms with Crippen LogP contribution in [-0.2, 0) is 0 Å². The Labute approximate surface area is 118 Å². The first-order chi connectivity index (χ1) is 9.76. The van der Waals surface area contributed by atoms with E-state index < -0.39 is 0 Å². The Morgan fingerprint density at radius 2 is 1.85 bits per heavy atom. The van der Waals surface area contributed by atoms with Gasteiger partial charge in [0.1, 0.15) is 11.3 Å². The Hall–Kier alpha value is -2.26. The number of aryl methyl sites for hydroxylation is 1. The molecule has 3 heteroatoms. The van der Waals surface area contributed by atoms with Crippen LogP contribution >= 0.6 is 0 Å². The van der Waals surface area contributed by atoms with Gasteiger partial charge in [-0.25, -0.2) is 0 Å². The fourth-order valence-electron chi connectivity index (χ4n) is 2.27. The van der Waals surface area contributed by atoms with Gasteiger partial charge in [0.25, 0.3) is 0 Å². The zero-order chi connectivity index (χ0) is 13.9. The van der Waals surface area contributed by atoms with Crippen molar-refractivity contribution >= 4 is 16.7 Å². The van der Waals surface area contributed by atoms with E-state index >= 15 is 0 Å². The zero-order valence-electron chi connectivity index (χ0n) is 11.5. The number of rotatable bonds is 4. The van der Waals surface area contributed by atoms with Crippen molar-refractivity contribution in [3.05, 3.63) is 65.9 Å². The van der Waals surface area contributed by atoms with Crippen molar-refractivity contribution in [2.24, 2.45) is 5.73 Å². The van der Waals surface area contributed by atoms with Crippen molar-refractivity contribution in [3.63, 3.8) is 0 Å². The van der Waals surface area contributed by atoms with Crippen LogP contribution in [0.25, 0.3) is 11.0 Å². The quantitative estimate of drug-likeness (QED) is 0.754. The van der Waals surface area contributed by atoms with Crippen LogP contribution in [0.3, 0.4) is 0 Å². The molecule has 1 unspecified atom stereocenters. The van der Waals surface area contributed by atoms with E-state index in [-0.39, 0.29) is 6.04 Å². The molecule has 0 aliphatic rings. The molecule has 0 aliphatic carbocycles. The second kappa shape index (κ2) is 5.39. The molecule has 0 amide bonds. The summed E-state index contributed by atoms with van der Waals surface area (Å²) >= 11 is 0. The van der Waals surface area contributed by atoms with Crippen LogP contribution in [0, 0.1) is 6.92 Å². The number of nitrogens with one attached hydrogen (secondary N) is 1. The molecule has 0 spiro atoms. The molecule has 0 fully saturated rings. The molecule has 0 saturated carbocycles. The monoisotopic (exact) mass is 266 g/mol. The number of benzene rings is 2. The molecular formula is C17H18N2O. The molecule has 1 heterocycles. The maximum Gasteiger partial charge on any atom is 0.134 e. The predicted molar refractivity (Wildman–Crippen MR) is 82.8 cm³/mol. The molecule has 3 rings (SSSR count). The highest BCUT2D eigenvalue weighted by Crippen LogP contribution is 2.26. The third kappa shape index (κ3) is 2.53. The van der Waals surface area contributed by atoms with Crippen molar-refractivity contribution in [3.8, 4) is 0 Å². The van der Waals surface area contributed by atoms with E-state index in [0.29, 0.717) is 6.54 Å². The molecule has 1 atom stereocenters. The molecule has 102 valence electrons. The SMILES string of the molecule is Cc1ccc(NC(CN)c2cc3ccccc3o2)cc1. The molecule has 20 heavy (non-hydrogen) atoms. The zero-order valence-corrected chi connectivity index (χ0v) is 11.5. The number of hydrogen-bond donors (Lipinski definition) is 2. The van der Waals surface area contributed by atoms with Crippen molar-refractivity contribution in [1.82, 2.24) is 0 Å². The summed E-state index contributed by atoms with van der Waals surface area (Å²) in [6.45, 7) is 2.55. The summed E-state index contributed by atoms with van der Waals surface area (Å²) in [5, 5.41) is 4.52. The summed E-state index contributed by atoms with van der Waals surface area (Å²) in [5.74, 6) is 0.870. The molecule has 2 aromatic carbocycles. The summed E-state index contributed by atoms with van der Waals surface area (Å²) in [7, 11) is 0. The fraction of sp³-hybridized carbons (Fsp3) is 0.176. The highest BCUT2D eigenvalue weighted by molar-refractivity contribution is 5.78. The molecule has 0 bridgehead atoms. The Bertz CT molecular complexity index is 667. The molecule has 1 aromatic heterocycles. The lowest BCUT2D eigenvalue weighted by atomic mass is 10.1. The molecule has 3 nitrogen and oxygen atoms in total. The lowest BCUT2D eigenvalue weighted by Gasteiger charge is -2.15. The summed E-state index contributed by atoms with van der Waals surface area (Å²) in [6, 6.07) is 18.3. The normalized spacial score (nSPS) is 12.5. The Morgan fingerprint density at radius 1 is 1.10 bits per heavy atom. The van der Waals surface area contributed by atoms with Crippen LogP contribution in [-0.4, -0.2) is 6.54 Å². The second-order valence-corrected chi connectivity index (χ2v) is 4.99. The third-order valence-corrected chi connectivity index (χ3v) is 3.42. The molecule has 0 saturated heterocycles. The van der Waals surface area contributed by atoms with E-state index in [4.69, 9.17) is 10.2 Å². The first-order valence-corrected chi connectivity index (χ1v) is 6.78. The second-order valence-electron chi connectivity index (χ2n) is 4.99. The lowest BCUT2D eigenvalue weighted by molar-refractivity contribution is 0.515. The van der Waals surface area contributed by atoms with Crippen molar-refractivity contribution < 1.29 is 4.42 Å². The van der Waals surface area contributed by atoms with E-state index in [1.807, 2.05) is 30.3 Å². The van der Waals surface area contributed by atoms with Gasteiger partial charge in [-0.15, -0.1) is 0 Å². The van der Waals surface area contributed by atoms with Gasteiger partial charge in [0, 0.05) is 17.6 Å². The van der Waals surface area contributed by atoms with Gasteiger partial charge in [-0.1, -0.05) is 35.9 Å². The Balaban J connectivity index is 1.87. The molecule has 0 radical (unpaired) electrons. The van der Waals surface area contributed by atoms with Gasteiger partial charge in [-0.2, -0.15) is 0 Å². The van der Waals surface area contributed by atoms with Crippen LogP contribution < -0.4 is 11.1 Å². The van der Waals surface area contributed by atoms with E-state index in [1.54, 1.807) is 0 Å². The molecule has 3 aromatic rings. The minimum Gasteiger partial charge on any atom is -0.459 e. The highest BCUT2D eigenvalue weighted by atomic mass is 16.3. The number of para-hydroxylation sites is 1. The van der Waals surface area contributed by atoms with E-state index in [9.17, 15) is 0 Å². The van der Waals surface area contributed by atoms with Crippen LogP contribution in [0.4, 0.5) is 5.69 Å². The molecule has 3 N–H and O–H groups in total. The van der Waals surface area contributed by atoms with Crippen molar-refractivity contribution in [2.75, 3.05) is 11.9 Å². The minimum absolute atomic E-state index is 0.0230. The smallest absolute Gasteiger partial charge is 0.134 e. The van der Waals surface area contributed by atoms with Gasteiger partial charge in [0.05, 0.1) is 6.04 Å². The van der Waals surface area contributed by atoms with Crippen LogP contribution in [0.1, 0.15) is 17.4 Å². The first kappa shape index (κ1) is 12.8. The van der Waals surface area contributed by atoms with Crippen LogP contribution in [0.15, 0.2) is 59.0 Å². The number of hydrogen-bond acceptors (Lipinski definition) is 3. The van der Waals surface area contributed by atoms with Gasteiger partial charge in [-0.3, -0.25) is 0 Å². The van der Waals surface area contributed by atoms with Gasteiger partial charge in [-0.05, 0) is 31.2 Å². The maximum atomic E-state index is 5.88. The number of furan rings is 1. The van der Waals surface area contributed by atoms with Gasteiger partial charge in [0.2, 0.25) is 0 Å². The van der Waals surface area contributed by atoms with Crippen molar-refractivity contribution in [2.45, 2.75) is 13.0 Å². The molecular weight excluding hydrogens is 248 g/mol. The summed E-state index contributed by atoms with van der Waals surface area (Å²) in [6.07, 6.45) is 0.